The van der Waals surface area contributed by atoms with Gasteiger partial charge in [0.1, 0.15) is 0 Å². The van der Waals surface area contributed by atoms with Crippen molar-refractivity contribution in [3.8, 4) is 6.07 Å². The molecule has 0 aromatic heterocycles. The number of nitrogens with zero attached hydrogens (tertiary/aromatic N) is 1. The molecular weight excluding hydrogens is 186 g/mol. The minimum absolute atomic E-state index is 0.0855. The van der Waals surface area contributed by atoms with Gasteiger partial charge in [-0.2, -0.15) is 5.26 Å². The molecule has 1 rings (SSSR count). The number of aliphatic hydroxyl groups is 1. The quantitative estimate of drug-likeness (QED) is 0.802. The monoisotopic (exact) mass is 203 g/mol. The van der Waals surface area contributed by atoms with Gasteiger partial charge in [0.25, 0.3) is 0 Å². The average molecular weight is 203 g/mol. The van der Waals surface area contributed by atoms with E-state index in [1.54, 1.807) is 0 Å². The topological polar surface area (TPSA) is 44.0 Å². The number of hydrogen-bond acceptors (Lipinski definition) is 2. The fraction of sp³-hybridized carbons (Fsp3) is 0.462. The van der Waals surface area contributed by atoms with Crippen LogP contribution in [0.5, 0.6) is 0 Å². The van der Waals surface area contributed by atoms with Crippen LogP contribution in [-0.2, 0) is 5.41 Å². The summed E-state index contributed by atoms with van der Waals surface area (Å²) in [5.41, 5.74) is 3.69. The number of aliphatic hydroxyl groups excluding tert-OH is 1. The van der Waals surface area contributed by atoms with E-state index >= 15 is 0 Å². The van der Waals surface area contributed by atoms with E-state index < -0.39 is 0 Å². The lowest BCUT2D eigenvalue weighted by atomic mass is 9.81. The minimum atomic E-state index is -0.290. The maximum Gasteiger partial charge on any atom is 0.0991 e. The van der Waals surface area contributed by atoms with Gasteiger partial charge in [-0.05, 0) is 42.7 Å². The van der Waals surface area contributed by atoms with Gasteiger partial charge in [-0.25, -0.2) is 0 Å². The van der Waals surface area contributed by atoms with Gasteiger partial charge in [0.05, 0.1) is 18.2 Å². The Hall–Kier alpha value is -1.33. The standard InChI is InChI=1S/C13H17NO/c1-9-5-11(7-14)6-12(10(9)2)13(3,4)8-15/h5-6,15H,8H2,1-4H3. The molecule has 0 saturated heterocycles. The molecule has 0 saturated carbocycles. The van der Waals surface area contributed by atoms with E-state index in [1.807, 2.05) is 39.8 Å². The molecule has 0 atom stereocenters. The molecule has 0 unspecified atom stereocenters. The van der Waals surface area contributed by atoms with Crippen molar-refractivity contribution >= 4 is 0 Å². The Kier molecular flexibility index (Phi) is 3.16. The third-order valence-electron chi connectivity index (χ3n) is 2.92. The highest BCUT2D eigenvalue weighted by atomic mass is 16.3. The smallest absolute Gasteiger partial charge is 0.0991 e. The molecule has 2 heteroatoms. The molecule has 0 heterocycles. The molecule has 0 fully saturated rings. The van der Waals surface area contributed by atoms with Crippen LogP contribution in [0.15, 0.2) is 12.1 Å². The molecule has 0 amide bonds. The van der Waals surface area contributed by atoms with E-state index in [0.29, 0.717) is 5.56 Å². The predicted octanol–water partition coefficient (Wildman–Crippen LogP) is 2.45. The van der Waals surface area contributed by atoms with Crippen LogP contribution in [0.25, 0.3) is 0 Å². The van der Waals surface area contributed by atoms with Crippen molar-refractivity contribution < 1.29 is 5.11 Å². The molecule has 15 heavy (non-hydrogen) atoms. The molecule has 0 spiro atoms. The van der Waals surface area contributed by atoms with Gasteiger partial charge in [-0.15, -0.1) is 0 Å². The second kappa shape index (κ2) is 4.04. The van der Waals surface area contributed by atoms with Crippen LogP contribution in [0.3, 0.4) is 0 Å². The molecular formula is C13H17NO. The summed E-state index contributed by atoms with van der Waals surface area (Å²) in [5, 5.41) is 18.2. The van der Waals surface area contributed by atoms with Crippen LogP contribution in [0.4, 0.5) is 0 Å². The Balaban J connectivity index is 3.42. The second-order valence-electron chi connectivity index (χ2n) is 4.62. The number of nitriles is 1. The summed E-state index contributed by atoms with van der Waals surface area (Å²) in [7, 11) is 0. The summed E-state index contributed by atoms with van der Waals surface area (Å²) < 4.78 is 0. The Morgan fingerprint density at radius 3 is 2.40 bits per heavy atom. The maximum atomic E-state index is 9.34. The molecule has 1 aromatic rings. The fourth-order valence-corrected chi connectivity index (χ4v) is 1.71. The highest BCUT2D eigenvalue weighted by Gasteiger charge is 2.22. The summed E-state index contributed by atoms with van der Waals surface area (Å²) in [4.78, 5) is 0. The number of benzene rings is 1. The fourth-order valence-electron chi connectivity index (χ4n) is 1.71. The van der Waals surface area contributed by atoms with Gasteiger partial charge in [0.2, 0.25) is 0 Å². The summed E-state index contributed by atoms with van der Waals surface area (Å²) >= 11 is 0. The molecule has 0 aliphatic carbocycles. The average Bonchev–Trinajstić information content (AvgIpc) is 2.21. The molecule has 0 aliphatic rings. The molecule has 1 aromatic carbocycles. The zero-order valence-corrected chi connectivity index (χ0v) is 9.76. The first-order chi connectivity index (χ1) is 6.92. The first-order valence-corrected chi connectivity index (χ1v) is 5.05. The molecule has 80 valence electrons. The van der Waals surface area contributed by atoms with Gasteiger partial charge in [0.15, 0.2) is 0 Å². The lowest BCUT2D eigenvalue weighted by molar-refractivity contribution is 0.218. The summed E-state index contributed by atoms with van der Waals surface area (Å²) in [5.74, 6) is 0. The molecule has 2 nitrogen and oxygen atoms in total. The van der Waals surface area contributed by atoms with Crippen molar-refractivity contribution in [3.63, 3.8) is 0 Å². The number of hydrogen-bond donors (Lipinski definition) is 1. The number of rotatable bonds is 2. The van der Waals surface area contributed by atoms with Gasteiger partial charge in [0, 0.05) is 5.41 Å². The Morgan fingerprint density at radius 2 is 1.93 bits per heavy atom. The van der Waals surface area contributed by atoms with Crippen molar-refractivity contribution in [3.05, 3.63) is 34.4 Å². The predicted molar refractivity (Wildman–Crippen MR) is 60.7 cm³/mol. The number of aryl methyl sites for hydroxylation is 1. The van der Waals surface area contributed by atoms with Crippen LogP contribution < -0.4 is 0 Å². The van der Waals surface area contributed by atoms with E-state index in [0.717, 1.165) is 16.7 Å². The zero-order valence-electron chi connectivity index (χ0n) is 9.76. The van der Waals surface area contributed by atoms with E-state index in [4.69, 9.17) is 5.26 Å². The van der Waals surface area contributed by atoms with Crippen LogP contribution in [0.2, 0.25) is 0 Å². The second-order valence-corrected chi connectivity index (χ2v) is 4.62. The Morgan fingerprint density at radius 1 is 1.33 bits per heavy atom. The van der Waals surface area contributed by atoms with Gasteiger partial charge < -0.3 is 5.11 Å². The first-order valence-electron chi connectivity index (χ1n) is 5.05. The van der Waals surface area contributed by atoms with E-state index in [1.165, 1.54) is 0 Å². The summed E-state index contributed by atoms with van der Waals surface area (Å²) in [6, 6.07) is 5.90. The lowest BCUT2D eigenvalue weighted by Gasteiger charge is -2.25. The SMILES string of the molecule is Cc1cc(C#N)cc(C(C)(C)CO)c1C. The van der Waals surface area contributed by atoms with Gasteiger partial charge in [-0.1, -0.05) is 13.8 Å². The van der Waals surface area contributed by atoms with Crippen LogP contribution in [-0.4, -0.2) is 11.7 Å². The van der Waals surface area contributed by atoms with Crippen molar-refractivity contribution in [2.24, 2.45) is 0 Å². The highest BCUT2D eigenvalue weighted by molar-refractivity contribution is 5.45. The zero-order chi connectivity index (χ0) is 11.6. The lowest BCUT2D eigenvalue weighted by Crippen LogP contribution is -2.23. The third kappa shape index (κ3) is 2.19. The summed E-state index contributed by atoms with van der Waals surface area (Å²) in [6.45, 7) is 8.07. The third-order valence-corrected chi connectivity index (χ3v) is 2.92. The van der Waals surface area contributed by atoms with E-state index in [9.17, 15) is 5.11 Å². The minimum Gasteiger partial charge on any atom is -0.395 e. The highest BCUT2D eigenvalue weighted by Crippen LogP contribution is 2.28. The van der Waals surface area contributed by atoms with E-state index in [-0.39, 0.29) is 12.0 Å². The van der Waals surface area contributed by atoms with Gasteiger partial charge >= 0.3 is 0 Å². The normalized spacial score (nSPS) is 11.2. The molecule has 0 bridgehead atoms. The van der Waals surface area contributed by atoms with Crippen molar-refractivity contribution in [2.75, 3.05) is 6.61 Å². The Labute approximate surface area is 91.2 Å². The van der Waals surface area contributed by atoms with Crippen molar-refractivity contribution in [1.29, 1.82) is 5.26 Å². The molecule has 0 radical (unpaired) electrons. The van der Waals surface area contributed by atoms with Crippen LogP contribution in [0.1, 0.15) is 36.1 Å². The van der Waals surface area contributed by atoms with Crippen molar-refractivity contribution in [1.82, 2.24) is 0 Å². The van der Waals surface area contributed by atoms with E-state index in [2.05, 4.69) is 6.07 Å². The van der Waals surface area contributed by atoms with Crippen molar-refractivity contribution in [2.45, 2.75) is 33.1 Å². The first kappa shape index (κ1) is 11.7. The van der Waals surface area contributed by atoms with Gasteiger partial charge in [-0.3, -0.25) is 0 Å². The van der Waals surface area contributed by atoms with Crippen LogP contribution in [0, 0.1) is 25.2 Å². The summed E-state index contributed by atoms with van der Waals surface area (Å²) in [6.07, 6.45) is 0. The maximum absolute atomic E-state index is 9.34. The largest absolute Gasteiger partial charge is 0.395 e. The van der Waals surface area contributed by atoms with Crippen LogP contribution >= 0.6 is 0 Å². The molecule has 1 N–H and O–H groups in total. The molecule has 0 aliphatic heterocycles. The Bertz CT molecular complexity index is 413.